The normalized spacial score (nSPS) is 13.4. The number of hydrogen-bond acceptors (Lipinski definition) is 2. The first kappa shape index (κ1) is 33.1. The first-order valence-electron chi connectivity index (χ1n) is 19.6. The second-order valence-electron chi connectivity index (χ2n) is 16.5. The monoisotopic (exact) mass is 698 g/mol. The van der Waals surface area contributed by atoms with Crippen molar-refractivity contribution in [3.63, 3.8) is 0 Å². The average Bonchev–Trinajstić information content (AvgIpc) is 3.15. The molecule has 0 bridgehead atoms. The van der Waals surface area contributed by atoms with Crippen LogP contribution in [0.2, 0.25) is 0 Å². The summed E-state index contributed by atoms with van der Waals surface area (Å²) in [6.07, 6.45) is 0. The molecule has 54 heavy (non-hydrogen) atoms. The lowest BCUT2D eigenvalue weighted by atomic mass is 9.33. The lowest BCUT2D eigenvalue weighted by Gasteiger charge is -2.35. The minimum Gasteiger partial charge on any atom is -0.458 e. The molecule has 0 aliphatic carbocycles. The second kappa shape index (κ2) is 12.0. The highest BCUT2D eigenvalue weighted by atomic mass is 16.5. The summed E-state index contributed by atoms with van der Waals surface area (Å²) in [5.41, 5.74) is 15.8. The van der Waals surface area contributed by atoms with Gasteiger partial charge < -0.3 is 9.47 Å². The Kier molecular flexibility index (Phi) is 7.37. The Labute approximate surface area is 319 Å². The van der Waals surface area contributed by atoms with Crippen LogP contribution in [0.25, 0.3) is 32.3 Å². The van der Waals surface area contributed by atoms with E-state index >= 15 is 0 Å². The molecule has 2 aliphatic rings. The fraction of sp³-hybridized carbons (Fsp3) is 0.200. The van der Waals surface area contributed by atoms with Crippen LogP contribution in [-0.2, 0) is 0 Å². The Morgan fingerprint density at radius 1 is 0.389 bits per heavy atom. The lowest BCUT2D eigenvalue weighted by Crippen LogP contribution is -2.58. The van der Waals surface area contributed by atoms with Crippen molar-refractivity contribution < 1.29 is 9.47 Å². The van der Waals surface area contributed by atoms with Crippen molar-refractivity contribution in [1.82, 2.24) is 0 Å². The highest BCUT2D eigenvalue weighted by molar-refractivity contribution is 6.99. The van der Waals surface area contributed by atoms with E-state index in [1.807, 2.05) is 0 Å². The number of aryl methyl sites for hydroxylation is 4. The van der Waals surface area contributed by atoms with Gasteiger partial charge in [-0.15, -0.1) is 0 Å². The van der Waals surface area contributed by atoms with Crippen LogP contribution in [0.3, 0.4) is 0 Å². The van der Waals surface area contributed by atoms with Gasteiger partial charge in [-0.05, 0) is 108 Å². The number of hydrogen-bond donors (Lipinski definition) is 0. The maximum absolute atomic E-state index is 7.16. The SMILES string of the molecule is Cc1cccc(C)c1B1c2ccccc2Oc2c1c(C(C)C)c1ccc3c4c(c(C(C)C)c5ccc2c1c35)B(c1c(C)cccc1C)c1ccccc1O4. The maximum atomic E-state index is 7.16. The van der Waals surface area contributed by atoms with Crippen LogP contribution >= 0.6 is 0 Å². The van der Waals surface area contributed by atoms with E-state index in [2.05, 4.69) is 165 Å². The lowest BCUT2D eigenvalue weighted by molar-refractivity contribution is 0.492. The summed E-state index contributed by atoms with van der Waals surface area (Å²) in [7, 11) is 0. The van der Waals surface area contributed by atoms with Crippen LogP contribution in [0, 0.1) is 27.7 Å². The summed E-state index contributed by atoms with van der Waals surface area (Å²) in [6, 6.07) is 40.3. The van der Waals surface area contributed by atoms with Crippen molar-refractivity contribution in [3.8, 4) is 23.0 Å². The maximum Gasteiger partial charge on any atom is 0.252 e. The van der Waals surface area contributed by atoms with E-state index in [-0.39, 0.29) is 25.3 Å². The van der Waals surface area contributed by atoms with Gasteiger partial charge in [-0.2, -0.15) is 0 Å². The molecule has 4 heteroatoms. The van der Waals surface area contributed by atoms with Crippen molar-refractivity contribution in [3.05, 3.63) is 143 Å². The summed E-state index contributed by atoms with van der Waals surface area (Å²) in [4.78, 5) is 0. The molecule has 0 saturated carbocycles. The van der Waals surface area contributed by atoms with Gasteiger partial charge in [0.15, 0.2) is 0 Å². The van der Waals surface area contributed by atoms with E-state index in [4.69, 9.17) is 9.47 Å². The van der Waals surface area contributed by atoms with Crippen LogP contribution in [0.5, 0.6) is 23.0 Å². The van der Waals surface area contributed by atoms with Crippen molar-refractivity contribution in [2.24, 2.45) is 0 Å². The van der Waals surface area contributed by atoms with Gasteiger partial charge in [0.1, 0.15) is 23.0 Å². The molecule has 0 saturated heterocycles. The molecule has 0 fully saturated rings. The highest BCUT2D eigenvalue weighted by Gasteiger charge is 2.41. The first-order chi connectivity index (χ1) is 26.2. The molecule has 2 aliphatic heterocycles. The van der Waals surface area contributed by atoms with Gasteiger partial charge in [0.05, 0.1) is 0 Å². The smallest absolute Gasteiger partial charge is 0.252 e. The summed E-state index contributed by atoms with van der Waals surface area (Å²) in [6.45, 7) is 18.6. The fourth-order valence-corrected chi connectivity index (χ4v) is 10.5. The van der Waals surface area contributed by atoms with E-state index in [0.29, 0.717) is 0 Å². The third-order valence-electron chi connectivity index (χ3n) is 12.6. The highest BCUT2D eigenvalue weighted by Crippen LogP contribution is 2.48. The van der Waals surface area contributed by atoms with Gasteiger partial charge in [0.25, 0.3) is 13.4 Å². The molecule has 0 spiro atoms. The Bertz CT molecular complexity index is 2610. The molecule has 2 nitrogen and oxygen atoms in total. The van der Waals surface area contributed by atoms with Crippen LogP contribution in [-0.4, -0.2) is 13.4 Å². The molecule has 0 unspecified atom stereocenters. The van der Waals surface area contributed by atoms with E-state index in [9.17, 15) is 0 Å². The minimum atomic E-state index is 0.0578. The number of ether oxygens (including phenoxy) is 2. The quantitative estimate of drug-likeness (QED) is 0.135. The summed E-state index contributed by atoms with van der Waals surface area (Å²) in [5.74, 6) is 4.40. The largest absolute Gasteiger partial charge is 0.458 e. The molecule has 8 aromatic carbocycles. The fourth-order valence-electron chi connectivity index (χ4n) is 10.5. The molecule has 2 heterocycles. The average molecular weight is 699 g/mol. The second-order valence-corrected chi connectivity index (χ2v) is 16.5. The summed E-state index contributed by atoms with van der Waals surface area (Å²) in [5, 5.41) is 7.53. The topological polar surface area (TPSA) is 18.5 Å². The molecular formula is C50H44B2O2. The van der Waals surface area contributed by atoms with Crippen LogP contribution in [0.1, 0.15) is 72.9 Å². The molecule has 0 radical (unpaired) electrons. The number of benzene rings is 8. The standard InChI is InChI=1S/C50H44B2O2/c1-27(2)41-33-23-25-36-44-34(42(28(3)4)48-50(36)54-40-22-12-10-20-38(40)52(48)46-31(7)17-14-18-32(46)8)24-26-35(43(33)44)49-47(41)51(37-19-9-11-21-39(37)53-49)45-29(5)15-13-16-30(45)6/h9-28H,1-8H3. The summed E-state index contributed by atoms with van der Waals surface area (Å²) >= 11 is 0. The van der Waals surface area contributed by atoms with Crippen molar-refractivity contribution in [2.45, 2.75) is 67.2 Å². The Morgan fingerprint density at radius 2 is 0.741 bits per heavy atom. The van der Waals surface area contributed by atoms with E-state index in [1.165, 1.54) is 98.5 Å². The Morgan fingerprint density at radius 3 is 1.11 bits per heavy atom. The Balaban J connectivity index is 1.37. The van der Waals surface area contributed by atoms with Crippen molar-refractivity contribution in [1.29, 1.82) is 0 Å². The third-order valence-corrected chi connectivity index (χ3v) is 12.6. The molecule has 262 valence electrons. The van der Waals surface area contributed by atoms with Crippen LogP contribution in [0.4, 0.5) is 0 Å². The molecule has 8 aromatic rings. The van der Waals surface area contributed by atoms with Crippen molar-refractivity contribution in [2.75, 3.05) is 0 Å². The van der Waals surface area contributed by atoms with Crippen LogP contribution < -0.4 is 42.3 Å². The molecule has 0 N–H and O–H groups in total. The van der Waals surface area contributed by atoms with Gasteiger partial charge in [0.2, 0.25) is 0 Å². The van der Waals surface area contributed by atoms with Gasteiger partial charge in [-0.25, -0.2) is 0 Å². The van der Waals surface area contributed by atoms with Gasteiger partial charge in [0, 0.05) is 21.5 Å². The van der Waals surface area contributed by atoms with Gasteiger partial charge in [-0.3, -0.25) is 0 Å². The summed E-state index contributed by atoms with van der Waals surface area (Å²) < 4.78 is 14.3. The zero-order valence-corrected chi connectivity index (χ0v) is 32.5. The van der Waals surface area contributed by atoms with Crippen LogP contribution in [0.15, 0.2) is 109 Å². The molecule has 0 amide bonds. The molecule has 0 atom stereocenters. The number of para-hydroxylation sites is 2. The first-order valence-corrected chi connectivity index (χ1v) is 19.6. The third kappa shape index (κ3) is 4.49. The minimum absolute atomic E-state index is 0.0578. The zero-order chi connectivity index (χ0) is 37.2. The predicted molar refractivity (Wildman–Crippen MR) is 232 cm³/mol. The molecule has 0 aromatic heterocycles. The molecule has 10 rings (SSSR count). The number of fused-ring (bicyclic) bond motifs is 6. The Hall–Kier alpha value is -5.47. The van der Waals surface area contributed by atoms with Gasteiger partial charge in [-0.1, -0.05) is 146 Å². The van der Waals surface area contributed by atoms with Crippen molar-refractivity contribution >= 4 is 78.5 Å². The van der Waals surface area contributed by atoms with E-state index < -0.39 is 0 Å². The van der Waals surface area contributed by atoms with E-state index in [0.717, 1.165) is 23.0 Å². The predicted octanol–water partition coefficient (Wildman–Crippen LogP) is 9.31. The van der Waals surface area contributed by atoms with Gasteiger partial charge >= 0.3 is 0 Å². The zero-order valence-electron chi connectivity index (χ0n) is 32.5. The number of rotatable bonds is 4. The van der Waals surface area contributed by atoms with E-state index in [1.54, 1.807) is 0 Å². The molecular weight excluding hydrogens is 654 g/mol.